The van der Waals surface area contributed by atoms with Gasteiger partial charge in [-0.3, -0.25) is 14.4 Å². The summed E-state index contributed by atoms with van der Waals surface area (Å²) < 4.78 is 5.40. The van der Waals surface area contributed by atoms with Crippen molar-refractivity contribution in [3.05, 3.63) is 95.6 Å². The Kier molecular flexibility index (Phi) is 8.05. The fraction of sp³-hybridized carbons (Fsp3) is 0.344. The van der Waals surface area contributed by atoms with Gasteiger partial charge in [-0.1, -0.05) is 54.6 Å². The van der Waals surface area contributed by atoms with Gasteiger partial charge in [-0.25, -0.2) is 0 Å². The number of piperidine rings is 1. The third kappa shape index (κ3) is 5.39. The molecule has 2 heterocycles. The number of ether oxygens (including phenoxy) is 1. The highest BCUT2D eigenvalue weighted by Gasteiger charge is 2.54. The van der Waals surface area contributed by atoms with Crippen molar-refractivity contribution in [2.75, 3.05) is 44.9 Å². The zero-order valence-corrected chi connectivity index (χ0v) is 23.1. The van der Waals surface area contributed by atoms with E-state index in [0.29, 0.717) is 51.1 Å². The highest BCUT2D eigenvalue weighted by Crippen LogP contribution is 2.39. The molecule has 0 unspecified atom stereocenters. The molecule has 0 radical (unpaired) electrons. The zero-order chi connectivity index (χ0) is 28.1. The molecule has 1 spiro atoms. The summed E-state index contributed by atoms with van der Waals surface area (Å²) in [6, 6.07) is 25.2. The standard InChI is InChI=1S/C32H36N4O4/c1-24-10-6-8-14-27(24)30(38)34-20-17-32(18-21-34)31(39)35(23-36(32)26-12-4-3-5-13-26)22-29(37)33-19-16-25-11-7-9-15-28(25)40-2/h3-15H,16-23H2,1-2H3,(H,33,37). The SMILES string of the molecule is COc1ccccc1CCNC(=O)CN1CN(c2ccccc2)C2(CCN(C(=O)c3ccccc3C)CC2)C1=O. The molecule has 0 aromatic heterocycles. The number of methoxy groups -OCH3 is 1. The van der Waals surface area contributed by atoms with Gasteiger partial charge in [0.1, 0.15) is 17.8 Å². The van der Waals surface area contributed by atoms with Gasteiger partial charge >= 0.3 is 0 Å². The predicted molar refractivity (Wildman–Crippen MR) is 154 cm³/mol. The van der Waals surface area contributed by atoms with E-state index in [4.69, 9.17) is 4.74 Å². The Labute approximate surface area is 235 Å². The summed E-state index contributed by atoms with van der Waals surface area (Å²) in [4.78, 5) is 45.8. The normalized spacial score (nSPS) is 16.4. The minimum absolute atomic E-state index is 0.00376. The molecular formula is C32H36N4O4. The largest absolute Gasteiger partial charge is 0.496 e. The van der Waals surface area contributed by atoms with Crippen LogP contribution in [-0.2, 0) is 16.0 Å². The lowest BCUT2D eigenvalue weighted by Gasteiger charge is -2.43. The van der Waals surface area contributed by atoms with Crippen LogP contribution in [0.1, 0.15) is 34.3 Å². The number of amides is 3. The van der Waals surface area contributed by atoms with Gasteiger partial charge in [0.05, 0.1) is 13.8 Å². The summed E-state index contributed by atoms with van der Waals surface area (Å²) in [5, 5.41) is 2.96. The first-order valence-corrected chi connectivity index (χ1v) is 13.8. The summed E-state index contributed by atoms with van der Waals surface area (Å²) in [6.45, 7) is 3.65. The van der Waals surface area contributed by atoms with Crippen LogP contribution < -0.4 is 15.0 Å². The average molecular weight is 541 g/mol. The van der Waals surface area contributed by atoms with E-state index in [1.54, 1.807) is 12.0 Å². The molecular weight excluding hydrogens is 504 g/mol. The Morgan fingerprint density at radius 2 is 1.60 bits per heavy atom. The molecule has 0 aliphatic carbocycles. The van der Waals surface area contributed by atoms with Crippen LogP contribution in [0.5, 0.6) is 5.75 Å². The number of anilines is 1. The Bertz CT molecular complexity index is 1370. The second kappa shape index (κ2) is 11.8. The molecule has 3 amide bonds. The summed E-state index contributed by atoms with van der Waals surface area (Å²) in [5.74, 6) is 0.537. The quantitative estimate of drug-likeness (QED) is 0.472. The van der Waals surface area contributed by atoms with Crippen LogP contribution in [0, 0.1) is 6.92 Å². The fourth-order valence-electron chi connectivity index (χ4n) is 5.86. The van der Waals surface area contributed by atoms with Crippen molar-refractivity contribution < 1.29 is 19.1 Å². The topological polar surface area (TPSA) is 82.2 Å². The molecule has 3 aromatic carbocycles. The molecule has 2 fully saturated rings. The number of benzene rings is 3. The predicted octanol–water partition coefficient (Wildman–Crippen LogP) is 3.64. The van der Waals surface area contributed by atoms with Gasteiger partial charge in [-0.2, -0.15) is 0 Å². The van der Waals surface area contributed by atoms with E-state index in [1.165, 1.54) is 0 Å². The second-order valence-electron chi connectivity index (χ2n) is 10.5. The number of nitrogens with one attached hydrogen (secondary N) is 1. The maximum atomic E-state index is 14.0. The average Bonchev–Trinajstić information content (AvgIpc) is 3.24. The summed E-state index contributed by atoms with van der Waals surface area (Å²) in [5.41, 5.74) is 2.81. The lowest BCUT2D eigenvalue weighted by molar-refractivity contribution is -0.137. The number of carbonyl (C=O) groups excluding carboxylic acids is 3. The van der Waals surface area contributed by atoms with E-state index in [0.717, 1.165) is 22.6 Å². The van der Waals surface area contributed by atoms with Gasteiger partial charge in [-0.15, -0.1) is 0 Å². The van der Waals surface area contributed by atoms with Crippen LogP contribution in [0.2, 0.25) is 0 Å². The Hall–Kier alpha value is -4.33. The van der Waals surface area contributed by atoms with Gasteiger partial charge in [0.2, 0.25) is 5.91 Å². The zero-order valence-electron chi connectivity index (χ0n) is 23.1. The van der Waals surface area contributed by atoms with Crippen molar-refractivity contribution in [3.63, 3.8) is 0 Å². The third-order valence-electron chi connectivity index (χ3n) is 8.08. The first-order chi connectivity index (χ1) is 19.4. The molecule has 8 heteroatoms. The van der Waals surface area contributed by atoms with Crippen LogP contribution in [0.4, 0.5) is 5.69 Å². The third-order valence-corrected chi connectivity index (χ3v) is 8.08. The number of rotatable bonds is 8. The molecule has 8 nitrogen and oxygen atoms in total. The van der Waals surface area contributed by atoms with Crippen molar-refractivity contribution in [2.24, 2.45) is 0 Å². The van der Waals surface area contributed by atoms with E-state index in [1.807, 2.05) is 90.7 Å². The van der Waals surface area contributed by atoms with Gasteiger partial charge < -0.3 is 24.8 Å². The summed E-state index contributed by atoms with van der Waals surface area (Å²) in [7, 11) is 1.63. The monoisotopic (exact) mass is 540 g/mol. The molecule has 1 N–H and O–H groups in total. The fourth-order valence-corrected chi connectivity index (χ4v) is 5.86. The van der Waals surface area contributed by atoms with Gasteiger partial charge in [0.25, 0.3) is 11.8 Å². The highest BCUT2D eigenvalue weighted by molar-refractivity contribution is 5.98. The molecule has 0 saturated carbocycles. The van der Waals surface area contributed by atoms with Crippen molar-refractivity contribution in [1.82, 2.24) is 15.1 Å². The van der Waals surface area contributed by atoms with E-state index in [9.17, 15) is 14.4 Å². The summed E-state index contributed by atoms with van der Waals surface area (Å²) in [6.07, 6.45) is 1.64. The van der Waals surface area contributed by atoms with Crippen LogP contribution in [-0.4, -0.2) is 73.0 Å². The van der Waals surface area contributed by atoms with Crippen molar-refractivity contribution in [2.45, 2.75) is 31.7 Å². The summed E-state index contributed by atoms with van der Waals surface area (Å²) >= 11 is 0. The van der Waals surface area contributed by atoms with Crippen LogP contribution >= 0.6 is 0 Å². The van der Waals surface area contributed by atoms with Crippen LogP contribution in [0.3, 0.4) is 0 Å². The second-order valence-corrected chi connectivity index (χ2v) is 10.5. The van der Waals surface area contributed by atoms with Crippen LogP contribution in [0.15, 0.2) is 78.9 Å². The molecule has 208 valence electrons. The lowest BCUT2D eigenvalue weighted by atomic mass is 9.85. The number of para-hydroxylation sites is 2. The van der Waals surface area contributed by atoms with Crippen molar-refractivity contribution in [1.29, 1.82) is 0 Å². The molecule has 2 saturated heterocycles. The number of hydrogen-bond donors (Lipinski definition) is 1. The smallest absolute Gasteiger partial charge is 0.254 e. The number of carbonyl (C=O) groups is 3. The van der Waals surface area contributed by atoms with E-state index in [2.05, 4.69) is 10.2 Å². The first kappa shape index (κ1) is 27.2. The Balaban J connectivity index is 1.27. The van der Waals surface area contributed by atoms with E-state index in [-0.39, 0.29) is 24.3 Å². The minimum atomic E-state index is -0.790. The van der Waals surface area contributed by atoms with E-state index >= 15 is 0 Å². The maximum absolute atomic E-state index is 14.0. The minimum Gasteiger partial charge on any atom is -0.496 e. The van der Waals surface area contributed by atoms with Crippen molar-refractivity contribution >= 4 is 23.4 Å². The molecule has 2 aliphatic rings. The lowest BCUT2D eigenvalue weighted by Crippen LogP contribution is -2.57. The molecule has 2 aliphatic heterocycles. The number of hydrogen-bond acceptors (Lipinski definition) is 5. The van der Waals surface area contributed by atoms with Gasteiger partial charge in [-0.05, 0) is 61.6 Å². The maximum Gasteiger partial charge on any atom is 0.254 e. The number of nitrogens with zero attached hydrogens (tertiary/aromatic N) is 3. The highest BCUT2D eigenvalue weighted by atomic mass is 16.5. The molecule has 0 atom stereocenters. The van der Waals surface area contributed by atoms with Gasteiger partial charge in [0, 0.05) is 30.9 Å². The number of likely N-dealkylation sites (tertiary alicyclic amines) is 1. The number of aryl methyl sites for hydroxylation is 1. The van der Waals surface area contributed by atoms with Crippen LogP contribution in [0.25, 0.3) is 0 Å². The van der Waals surface area contributed by atoms with Crippen molar-refractivity contribution in [3.8, 4) is 5.75 Å². The first-order valence-electron chi connectivity index (χ1n) is 13.8. The molecule has 0 bridgehead atoms. The molecule has 40 heavy (non-hydrogen) atoms. The Morgan fingerprint density at radius 1 is 0.925 bits per heavy atom. The van der Waals surface area contributed by atoms with E-state index < -0.39 is 5.54 Å². The van der Waals surface area contributed by atoms with Gasteiger partial charge in [0.15, 0.2) is 0 Å². The molecule has 3 aromatic rings. The Morgan fingerprint density at radius 3 is 2.33 bits per heavy atom. The molecule has 5 rings (SSSR count).